The average Bonchev–Trinajstić information content (AvgIpc) is 2.81. The number of aliphatic hydroxyl groups is 1. The van der Waals surface area contributed by atoms with Gasteiger partial charge in [0, 0.05) is 15.7 Å². The third-order valence-corrected chi connectivity index (χ3v) is 4.67. The lowest BCUT2D eigenvalue weighted by Gasteiger charge is -2.17. The van der Waals surface area contributed by atoms with E-state index in [2.05, 4.69) is 6.07 Å². The van der Waals surface area contributed by atoms with E-state index < -0.39 is 6.10 Å². The molecule has 0 aliphatic heterocycles. The Bertz CT molecular complexity index is 370. The molecule has 3 heteroatoms. The zero-order chi connectivity index (χ0) is 12.3. The highest BCUT2D eigenvalue weighted by molar-refractivity contribution is 8.00. The van der Waals surface area contributed by atoms with Crippen LogP contribution in [0.1, 0.15) is 44.3 Å². The van der Waals surface area contributed by atoms with E-state index in [9.17, 15) is 5.11 Å². The van der Waals surface area contributed by atoms with E-state index in [1.165, 1.54) is 30.6 Å². The van der Waals surface area contributed by atoms with Crippen molar-refractivity contribution in [2.24, 2.45) is 0 Å². The highest BCUT2D eigenvalue weighted by Crippen LogP contribution is 2.40. The Labute approximate surface area is 107 Å². The SMILES string of the molecule is COc1cccc(SC2CCCC2)c1C(C)O. The Morgan fingerprint density at radius 3 is 2.65 bits per heavy atom. The molecular weight excluding hydrogens is 232 g/mol. The summed E-state index contributed by atoms with van der Waals surface area (Å²) in [7, 11) is 1.66. The van der Waals surface area contributed by atoms with Gasteiger partial charge in [0.2, 0.25) is 0 Å². The van der Waals surface area contributed by atoms with Gasteiger partial charge in [0.25, 0.3) is 0 Å². The fourth-order valence-corrected chi connectivity index (χ4v) is 3.89. The van der Waals surface area contributed by atoms with Crippen LogP contribution in [0.25, 0.3) is 0 Å². The van der Waals surface area contributed by atoms with Gasteiger partial charge in [-0.15, -0.1) is 11.8 Å². The first-order valence-corrected chi connectivity index (χ1v) is 7.12. The van der Waals surface area contributed by atoms with Crippen molar-refractivity contribution in [3.63, 3.8) is 0 Å². The second kappa shape index (κ2) is 5.78. The quantitative estimate of drug-likeness (QED) is 0.884. The number of benzene rings is 1. The van der Waals surface area contributed by atoms with Crippen LogP contribution in [0.15, 0.2) is 23.1 Å². The van der Waals surface area contributed by atoms with Gasteiger partial charge in [-0.2, -0.15) is 0 Å². The fraction of sp³-hybridized carbons (Fsp3) is 0.571. The van der Waals surface area contributed by atoms with Crippen LogP contribution in [-0.4, -0.2) is 17.5 Å². The molecule has 0 heterocycles. The van der Waals surface area contributed by atoms with Crippen molar-refractivity contribution in [3.8, 4) is 5.75 Å². The molecule has 0 spiro atoms. The van der Waals surface area contributed by atoms with Gasteiger partial charge in [-0.3, -0.25) is 0 Å². The van der Waals surface area contributed by atoms with Crippen molar-refractivity contribution in [1.82, 2.24) is 0 Å². The van der Waals surface area contributed by atoms with Crippen LogP contribution in [0, 0.1) is 0 Å². The number of methoxy groups -OCH3 is 1. The lowest BCUT2D eigenvalue weighted by molar-refractivity contribution is 0.191. The van der Waals surface area contributed by atoms with Gasteiger partial charge in [-0.1, -0.05) is 18.9 Å². The van der Waals surface area contributed by atoms with Gasteiger partial charge >= 0.3 is 0 Å². The molecule has 1 unspecified atom stereocenters. The highest BCUT2D eigenvalue weighted by atomic mass is 32.2. The van der Waals surface area contributed by atoms with Crippen molar-refractivity contribution in [2.75, 3.05) is 7.11 Å². The molecule has 1 atom stereocenters. The predicted octanol–water partition coefficient (Wildman–Crippen LogP) is 3.78. The van der Waals surface area contributed by atoms with Crippen molar-refractivity contribution < 1.29 is 9.84 Å². The zero-order valence-electron chi connectivity index (χ0n) is 10.5. The standard InChI is InChI=1S/C14H20O2S/c1-10(15)14-12(16-2)8-5-9-13(14)17-11-6-3-4-7-11/h5,8-11,15H,3-4,6-7H2,1-2H3. The molecule has 1 saturated carbocycles. The Kier molecular flexibility index (Phi) is 4.35. The summed E-state index contributed by atoms with van der Waals surface area (Å²) in [5, 5.41) is 10.6. The van der Waals surface area contributed by atoms with Crippen LogP contribution in [0.2, 0.25) is 0 Å². The first kappa shape index (κ1) is 12.8. The molecule has 2 rings (SSSR count). The van der Waals surface area contributed by atoms with Crippen molar-refractivity contribution in [3.05, 3.63) is 23.8 Å². The maximum Gasteiger partial charge on any atom is 0.125 e. The minimum absolute atomic E-state index is 0.477. The molecule has 1 N–H and O–H groups in total. The molecule has 1 aliphatic carbocycles. The van der Waals surface area contributed by atoms with Gasteiger partial charge in [0.1, 0.15) is 5.75 Å². The first-order chi connectivity index (χ1) is 8.22. The Morgan fingerprint density at radius 2 is 2.06 bits per heavy atom. The summed E-state index contributed by atoms with van der Waals surface area (Å²) in [5.74, 6) is 0.794. The summed E-state index contributed by atoms with van der Waals surface area (Å²) < 4.78 is 5.34. The van der Waals surface area contributed by atoms with E-state index >= 15 is 0 Å². The number of rotatable bonds is 4. The van der Waals surface area contributed by atoms with Crippen LogP contribution in [0.3, 0.4) is 0 Å². The van der Waals surface area contributed by atoms with Crippen molar-refractivity contribution in [2.45, 2.75) is 48.9 Å². The van der Waals surface area contributed by atoms with Crippen LogP contribution < -0.4 is 4.74 Å². The number of hydrogen-bond donors (Lipinski definition) is 1. The van der Waals surface area contributed by atoms with E-state index in [4.69, 9.17) is 4.74 Å². The summed E-state index contributed by atoms with van der Waals surface area (Å²) >= 11 is 1.90. The molecule has 94 valence electrons. The molecule has 17 heavy (non-hydrogen) atoms. The second-order valence-electron chi connectivity index (χ2n) is 4.57. The smallest absolute Gasteiger partial charge is 0.125 e. The van der Waals surface area contributed by atoms with Gasteiger partial charge < -0.3 is 9.84 Å². The molecule has 1 aliphatic rings. The van der Waals surface area contributed by atoms with Crippen LogP contribution in [0.4, 0.5) is 0 Å². The molecule has 2 nitrogen and oxygen atoms in total. The lowest BCUT2D eigenvalue weighted by atomic mass is 10.1. The third-order valence-electron chi connectivity index (χ3n) is 3.26. The minimum Gasteiger partial charge on any atom is -0.496 e. The summed E-state index contributed by atoms with van der Waals surface area (Å²) in [6.45, 7) is 1.80. The maximum absolute atomic E-state index is 9.90. The molecular formula is C14H20O2S. The van der Waals surface area contributed by atoms with Gasteiger partial charge in [0.05, 0.1) is 13.2 Å². The number of aliphatic hydroxyl groups excluding tert-OH is 1. The van der Waals surface area contributed by atoms with Crippen LogP contribution in [-0.2, 0) is 0 Å². The molecule has 0 saturated heterocycles. The number of thioether (sulfide) groups is 1. The molecule has 1 aromatic carbocycles. The van der Waals surface area contributed by atoms with Gasteiger partial charge in [0.15, 0.2) is 0 Å². The maximum atomic E-state index is 9.90. The summed E-state index contributed by atoms with van der Waals surface area (Å²) in [5.41, 5.74) is 0.937. The molecule has 0 amide bonds. The second-order valence-corrected chi connectivity index (χ2v) is 5.91. The Morgan fingerprint density at radius 1 is 1.35 bits per heavy atom. The Balaban J connectivity index is 2.25. The largest absolute Gasteiger partial charge is 0.496 e. The summed E-state index contributed by atoms with van der Waals surface area (Å²) in [6.07, 6.45) is 4.79. The number of hydrogen-bond acceptors (Lipinski definition) is 3. The summed E-state index contributed by atoms with van der Waals surface area (Å²) in [4.78, 5) is 1.17. The van der Waals surface area contributed by atoms with E-state index in [0.29, 0.717) is 5.25 Å². The van der Waals surface area contributed by atoms with E-state index in [1.807, 2.05) is 23.9 Å². The van der Waals surface area contributed by atoms with E-state index in [1.54, 1.807) is 14.0 Å². The van der Waals surface area contributed by atoms with E-state index in [0.717, 1.165) is 11.3 Å². The minimum atomic E-state index is -0.477. The lowest BCUT2D eigenvalue weighted by Crippen LogP contribution is -2.01. The predicted molar refractivity (Wildman–Crippen MR) is 71.7 cm³/mol. The molecule has 0 bridgehead atoms. The third kappa shape index (κ3) is 2.96. The zero-order valence-corrected chi connectivity index (χ0v) is 11.3. The molecule has 1 fully saturated rings. The van der Waals surface area contributed by atoms with Gasteiger partial charge in [-0.25, -0.2) is 0 Å². The van der Waals surface area contributed by atoms with Crippen LogP contribution in [0.5, 0.6) is 5.75 Å². The molecule has 0 aromatic heterocycles. The summed E-state index contributed by atoms with van der Waals surface area (Å²) in [6, 6.07) is 6.01. The molecule has 0 radical (unpaired) electrons. The highest BCUT2D eigenvalue weighted by Gasteiger charge is 2.20. The average molecular weight is 252 g/mol. The number of ether oxygens (including phenoxy) is 1. The van der Waals surface area contributed by atoms with Crippen molar-refractivity contribution >= 4 is 11.8 Å². The monoisotopic (exact) mass is 252 g/mol. The van der Waals surface area contributed by atoms with Crippen molar-refractivity contribution in [1.29, 1.82) is 0 Å². The van der Waals surface area contributed by atoms with E-state index in [-0.39, 0.29) is 0 Å². The van der Waals surface area contributed by atoms with Gasteiger partial charge in [-0.05, 0) is 31.9 Å². The first-order valence-electron chi connectivity index (χ1n) is 6.24. The molecule has 1 aromatic rings. The fourth-order valence-electron chi connectivity index (χ4n) is 2.40. The normalized spacial score (nSPS) is 18.3. The Hall–Kier alpha value is -0.670. The topological polar surface area (TPSA) is 29.5 Å². The van der Waals surface area contributed by atoms with Crippen LogP contribution >= 0.6 is 11.8 Å².